The molecule has 0 heterocycles. The van der Waals surface area contributed by atoms with Crippen LogP contribution in [0.1, 0.15) is 58.8 Å². The van der Waals surface area contributed by atoms with Crippen molar-refractivity contribution in [3.63, 3.8) is 0 Å². The molecule has 0 aliphatic heterocycles. The Hall–Kier alpha value is -0.0400. The van der Waals surface area contributed by atoms with E-state index in [0.29, 0.717) is 0 Å². The van der Waals surface area contributed by atoms with Crippen molar-refractivity contribution in [1.29, 1.82) is 0 Å². The summed E-state index contributed by atoms with van der Waals surface area (Å²) >= 11 is 0. The third kappa shape index (κ3) is 2.50. The van der Waals surface area contributed by atoms with Crippen LogP contribution >= 0.6 is 0 Å². The van der Waals surface area contributed by atoms with E-state index in [1.165, 1.54) is 44.9 Å². The highest BCUT2D eigenvalue weighted by Gasteiger charge is 2.32. The van der Waals surface area contributed by atoms with Crippen molar-refractivity contribution < 1.29 is 0 Å². The van der Waals surface area contributed by atoms with Crippen molar-refractivity contribution in [2.24, 2.45) is 11.8 Å². The van der Waals surface area contributed by atoms with Gasteiger partial charge in [-0.05, 0) is 50.9 Å². The van der Waals surface area contributed by atoms with Gasteiger partial charge in [-0.25, -0.2) is 0 Å². The van der Waals surface area contributed by atoms with Crippen LogP contribution in [0.4, 0.5) is 0 Å². The summed E-state index contributed by atoms with van der Waals surface area (Å²) in [5, 5.41) is 3.87. The van der Waals surface area contributed by atoms with Crippen LogP contribution in [0.2, 0.25) is 0 Å². The number of hydrogen-bond donors (Lipinski definition) is 1. The average Bonchev–Trinajstić information content (AvgIpc) is 2.88. The number of hydrogen-bond acceptors (Lipinski definition) is 1. The first-order valence-electron chi connectivity index (χ1n) is 6.57. The Balaban J connectivity index is 1.76. The lowest BCUT2D eigenvalue weighted by Gasteiger charge is -2.26. The van der Waals surface area contributed by atoms with Crippen LogP contribution in [0.3, 0.4) is 0 Å². The average molecular weight is 195 g/mol. The molecule has 82 valence electrons. The Kier molecular flexibility index (Phi) is 3.48. The molecule has 2 rings (SSSR count). The van der Waals surface area contributed by atoms with Gasteiger partial charge in [-0.3, -0.25) is 0 Å². The monoisotopic (exact) mass is 195 g/mol. The molecule has 0 bridgehead atoms. The van der Waals surface area contributed by atoms with Gasteiger partial charge in [-0.2, -0.15) is 0 Å². The van der Waals surface area contributed by atoms with Crippen LogP contribution in [0.5, 0.6) is 0 Å². The molecule has 0 aromatic heterocycles. The highest BCUT2D eigenvalue weighted by Crippen LogP contribution is 2.35. The van der Waals surface area contributed by atoms with Gasteiger partial charge in [0.05, 0.1) is 0 Å². The minimum atomic E-state index is 0.767. The summed E-state index contributed by atoms with van der Waals surface area (Å²) in [6.07, 6.45) is 10.1. The van der Waals surface area contributed by atoms with E-state index in [1.807, 2.05) is 0 Å². The molecule has 0 amide bonds. The molecule has 0 saturated heterocycles. The van der Waals surface area contributed by atoms with Crippen LogP contribution in [-0.4, -0.2) is 12.1 Å². The predicted octanol–water partition coefficient (Wildman–Crippen LogP) is 3.34. The van der Waals surface area contributed by atoms with Gasteiger partial charge in [0, 0.05) is 12.1 Å². The largest absolute Gasteiger partial charge is 0.311 e. The van der Waals surface area contributed by atoms with Crippen molar-refractivity contribution in [3.8, 4) is 0 Å². The maximum atomic E-state index is 3.87. The Morgan fingerprint density at radius 2 is 1.71 bits per heavy atom. The summed E-state index contributed by atoms with van der Waals surface area (Å²) in [4.78, 5) is 0. The van der Waals surface area contributed by atoms with Crippen molar-refractivity contribution >= 4 is 0 Å². The third-order valence-corrected chi connectivity index (χ3v) is 4.21. The maximum absolute atomic E-state index is 3.87. The molecule has 0 radical (unpaired) electrons. The second-order valence-electron chi connectivity index (χ2n) is 5.35. The molecular weight excluding hydrogens is 170 g/mol. The molecule has 0 spiro atoms. The van der Waals surface area contributed by atoms with Crippen molar-refractivity contribution in [2.45, 2.75) is 70.9 Å². The summed E-state index contributed by atoms with van der Waals surface area (Å²) in [6, 6.07) is 1.59. The van der Waals surface area contributed by atoms with Gasteiger partial charge in [0.25, 0.3) is 0 Å². The Bertz CT molecular complexity index is 168. The molecule has 0 aromatic carbocycles. The van der Waals surface area contributed by atoms with Gasteiger partial charge in [-0.1, -0.05) is 19.8 Å². The van der Waals surface area contributed by atoms with Crippen molar-refractivity contribution in [1.82, 2.24) is 5.32 Å². The van der Waals surface area contributed by atoms with E-state index >= 15 is 0 Å². The summed E-state index contributed by atoms with van der Waals surface area (Å²) in [6.45, 7) is 4.73. The first-order valence-corrected chi connectivity index (χ1v) is 6.57. The van der Waals surface area contributed by atoms with Gasteiger partial charge in [-0.15, -0.1) is 0 Å². The van der Waals surface area contributed by atoms with Crippen LogP contribution in [0.25, 0.3) is 0 Å². The van der Waals surface area contributed by atoms with Crippen LogP contribution in [-0.2, 0) is 0 Å². The third-order valence-electron chi connectivity index (χ3n) is 4.21. The molecule has 2 aliphatic rings. The van der Waals surface area contributed by atoms with Crippen LogP contribution < -0.4 is 5.32 Å². The SMILES string of the molecule is CCC(N[C@H](C)C1CCCC1)C1CC1. The molecule has 1 heteroatoms. The Morgan fingerprint density at radius 3 is 2.21 bits per heavy atom. The van der Waals surface area contributed by atoms with Crippen molar-refractivity contribution in [3.05, 3.63) is 0 Å². The van der Waals surface area contributed by atoms with E-state index in [-0.39, 0.29) is 0 Å². The highest BCUT2D eigenvalue weighted by atomic mass is 15.0. The van der Waals surface area contributed by atoms with E-state index < -0.39 is 0 Å². The first kappa shape index (κ1) is 10.5. The fourth-order valence-corrected chi connectivity index (χ4v) is 3.02. The standard InChI is InChI=1S/C13H25N/c1-3-13(12-8-9-12)14-10(2)11-6-4-5-7-11/h10-14H,3-9H2,1-2H3/t10-,13?/m1/s1. The lowest BCUT2D eigenvalue weighted by molar-refractivity contribution is 0.318. The topological polar surface area (TPSA) is 12.0 Å². The molecule has 1 nitrogen and oxygen atoms in total. The fraction of sp³-hybridized carbons (Fsp3) is 1.00. The van der Waals surface area contributed by atoms with E-state index in [4.69, 9.17) is 0 Å². The maximum Gasteiger partial charge on any atom is 0.00952 e. The molecule has 2 atom stereocenters. The molecule has 2 aliphatic carbocycles. The molecule has 0 aromatic rings. The second-order valence-corrected chi connectivity index (χ2v) is 5.35. The zero-order valence-electron chi connectivity index (χ0n) is 9.76. The zero-order valence-corrected chi connectivity index (χ0v) is 9.76. The van der Waals surface area contributed by atoms with Gasteiger partial charge in [0.2, 0.25) is 0 Å². The van der Waals surface area contributed by atoms with Crippen LogP contribution in [0, 0.1) is 11.8 Å². The molecule has 2 fully saturated rings. The van der Waals surface area contributed by atoms with Gasteiger partial charge in [0.15, 0.2) is 0 Å². The zero-order chi connectivity index (χ0) is 9.97. The number of nitrogens with one attached hydrogen (secondary N) is 1. The summed E-state index contributed by atoms with van der Waals surface area (Å²) in [5.41, 5.74) is 0. The highest BCUT2D eigenvalue weighted by molar-refractivity contribution is 4.89. The fourth-order valence-electron chi connectivity index (χ4n) is 3.02. The summed E-state index contributed by atoms with van der Waals surface area (Å²) in [5.74, 6) is 1.99. The lowest BCUT2D eigenvalue weighted by Crippen LogP contribution is -2.41. The normalized spacial score (nSPS) is 27.9. The first-order chi connectivity index (χ1) is 6.81. The summed E-state index contributed by atoms with van der Waals surface area (Å²) in [7, 11) is 0. The quantitative estimate of drug-likeness (QED) is 0.709. The Morgan fingerprint density at radius 1 is 1.07 bits per heavy atom. The molecule has 1 N–H and O–H groups in total. The second kappa shape index (κ2) is 4.65. The van der Waals surface area contributed by atoms with E-state index in [1.54, 1.807) is 0 Å². The predicted molar refractivity (Wildman–Crippen MR) is 61.4 cm³/mol. The molecule has 1 unspecified atom stereocenters. The van der Waals surface area contributed by atoms with Crippen LogP contribution in [0.15, 0.2) is 0 Å². The summed E-state index contributed by atoms with van der Waals surface area (Å²) < 4.78 is 0. The lowest BCUT2D eigenvalue weighted by atomic mass is 9.97. The van der Waals surface area contributed by atoms with E-state index in [0.717, 1.165) is 23.9 Å². The minimum absolute atomic E-state index is 0.767. The van der Waals surface area contributed by atoms with E-state index in [9.17, 15) is 0 Å². The number of rotatable bonds is 5. The van der Waals surface area contributed by atoms with Crippen molar-refractivity contribution in [2.75, 3.05) is 0 Å². The van der Waals surface area contributed by atoms with E-state index in [2.05, 4.69) is 19.2 Å². The van der Waals surface area contributed by atoms with Gasteiger partial charge >= 0.3 is 0 Å². The Labute approximate surface area is 88.7 Å². The smallest absolute Gasteiger partial charge is 0.00952 e. The van der Waals surface area contributed by atoms with Gasteiger partial charge < -0.3 is 5.32 Å². The molecular formula is C13H25N. The molecule has 2 saturated carbocycles. The minimum Gasteiger partial charge on any atom is -0.311 e. The molecule has 14 heavy (non-hydrogen) atoms. The van der Waals surface area contributed by atoms with Gasteiger partial charge in [0.1, 0.15) is 0 Å².